The first kappa shape index (κ1) is 14.2. The van der Waals surface area contributed by atoms with Gasteiger partial charge in [-0.1, -0.05) is 27.7 Å². The van der Waals surface area contributed by atoms with Crippen LogP contribution < -0.4 is 0 Å². The van der Waals surface area contributed by atoms with Crippen molar-refractivity contribution in [3.8, 4) is 0 Å². The van der Waals surface area contributed by atoms with Gasteiger partial charge in [-0.15, -0.1) is 0 Å². The van der Waals surface area contributed by atoms with Crippen LogP contribution in [0.25, 0.3) is 0 Å². The van der Waals surface area contributed by atoms with Gasteiger partial charge in [0.2, 0.25) is 5.91 Å². The highest BCUT2D eigenvalue weighted by Crippen LogP contribution is 2.68. The lowest BCUT2D eigenvalue weighted by Crippen LogP contribution is -2.50. The molecule has 0 aromatic rings. The molecule has 1 heterocycles. The van der Waals surface area contributed by atoms with Gasteiger partial charge in [-0.3, -0.25) is 4.79 Å². The van der Waals surface area contributed by atoms with Crippen LogP contribution in [0.5, 0.6) is 0 Å². The predicted molar refractivity (Wildman–Crippen MR) is 78.6 cm³/mol. The molecule has 2 amide bonds. The van der Waals surface area contributed by atoms with Crippen LogP contribution >= 0.6 is 12.6 Å². The molecule has 0 N–H and O–H groups in total. The number of thiol groups is 1. The lowest BCUT2D eigenvalue weighted by Gasteiger charge is -2.40. The summed E-state index contributed by atoms with van der Waals surface area (Å²) in [5.41, 5.74) is 0.0676. The van der Waals surface area contributed by atoms with Crippen LogP contribution in [0.4, 0.5) is 4.79 Å². The van der Waals surface area contributed by atoms with Crippen molar-refractivity contribution in [2.24, 2.45) is 16.7 Å². The summed E-state index contributed by atoms with van der Waals surface area (Å²) >= 11 is 4.27. The molecule has 0 aromatic carbocycles. The van der Waals surface area contributed by atoms with Gasteiger partial charge in [0, 0.05) is 17.6 Å². The van der Waals surface area contributed by atoms with Gasteiger partial charge < -0.3 is 4.74 Å². The maximum Gasteiger partial charge on any atom is 0.417 e. The fraction of sp³-hybridized carbons (Fsp3) is 0.867. The third-order valence-corrected chi connectivity index (χ3v) is 6.37. The minimum Gasteiger partial charge on any atom is -0.443 e. The number of carbonyl (C=O) groups excluding carboxylic acids is 2. The molecule has 0 radical (unpaired) electrons. The highest BCUT2D eigenvalue weighted by atomic mass is 32.1. The standard InChI is InChI=1S/C15H23NO3S/c1-8(20)7-10(17)16-12-11(19-13(16)18)9-5-6-15(12,4)14(9,2)3/h8-9,11-12,20H,5-7H2,1-4H3/t8-,9?,11-,12-,15+/m1/s1. The molecule has 3 rings (SSSR count). The molecule has 2 saturated carbocycles. The summed E-state index contributed by atoms with van der Waals surface area (Å²) in [5.74, 6) is 0.224. The van der Waals surface area contributed by atoms with E-state index in [-0.39, 0.29) is 40.6 Å². The quantitative estimate of drug-likeness (QED) is 0.797. The molecule has 1 saturated heterocycles. The van der Waals surface area contributed by atoms with E-state index in [0.29, 0.717) is 5.92 Å². The van der Waals surface area contributed by atoms with Crippen molar-refractivity contribution in [2.75, 3.05) is 0 Å². The Balaban J connectivity index is 1.95. The first-order chi connectivity index (χ1) is 9.20. The zero-order valence-electron chi connectivity index (χ0n) is 12.5. The van der Waals surface area contributed by atoms with Crippen molar-refractivity contribution in [3.63, 3.8) is 0 Å². The van der Waals surface area contributed by atoms with Gasteiger partial charge >= 0.3 is 6.09 Å². The highest BCUT2D eigenvalue weighted by Gasteiger charge is 2.72. The minimum atomic E-state index is -0.451. The first-order valence-electron chi connectivity index (χ1n) is 7.41. The van der Waals surface area contributed by atoms with Crippen molar-refractivity contribution in [1.29, 1.82) is 0 Å². The lowest BCUT2D eigenvalue weighted by molar-refractivity contribution is -0.131. The molecule has 5 atom stereocenters. The Morgan fingerprint density at radius 3 is 2.75 bits per heavy atom. The maximum absolute atomic E-state index is 12.4. The van der Waals surface area contributed by atoms with Crippen molar-refractivity contribution in [1.82, 2.24) is 4.90 Å². The smallest absolute Gasteiger partial charge is 0.417 e. The molecule has 1 unspecified atom stereocenters. The van der Waals surface area contributed by atoms with E-state index in [1.807, 2.05) is 6.92 Å². The van der Waals surface area contributed by atoms with Crippen LogP contribution in [0.15, 0.2) is 0 Å². The Hall–Kier alpha value is -0.710. The number of amides is 2. The van der Waals surface area contributed by atoms with Gasteiger partial charge in [-0.2, -0.15) is 12.6 Å². The molecule has 3 aliphatic rings. The Labute approximate surface area is 125 Å². The average Bonchev–Trinajstić information content (AvgIpc) is 2.80. The molecule has 20 heavy (non-hydrogen) atoms. The second kappa shape index (κ2) is 4.15. The van der Waals surface area contributed by atoms with E-state index in [1.54, 1.807) is 0 Å². The fourth-order valence-electron chi connectivity index (χ4n) is 4.72. The van der Waals surface area contributed by atoms with E-state index < -0.39 is 6.09 Å². The summed E-state index contributed by atoms with van der Waals surface area (Å²) in [5, 5.41) is -0.0474. The summed E-state index contributed by atoms with van der Waals surface area (Å²) in [6.07, 6.45) is 1.86. The zero-order chi connectivity index (χ0) is 14.9. The molecule has 2 aliphatic carbocycles. The van der Waals surface area contributed by atoms with Crippen LogP contribution in [0, 0.1) is 16.7 Å². The van der Waals surface area contributed by atoms with Crippen molar-refractivity contribution in [3.05, 3.63) is 0 Å². The summed E-state index contributed by atoms with van der Waals surface area (Å²) in [4.78, 5) is 26.0. The molecule has 5 heteroatoms. The number of nitrogens with zero attached hydrogens (tertiary/aromatic N) is 1. The van der Waals surface area contributed by atoms with Crippen LogP contribution in [0.2, 0.25) is 0 Å². The van der Waals surface area contributed by atoms with E-state index in [2.05, 4.69) is 33.4 Å². The van der Waals surface area contributed by atoms with Gasteiger partial charge in [0.15, 0.2) is 0 Å². The molecular formula is C15H23NO3S. The summed E-state index contributed by atoms with van der Waals surface area (Å²) in [6, 6.07) is -0.0941. The normalized spacial score (nSPS) is 42.5. The Morgan fingerprint density at radius 2 is 2.15 bits per heavy atom. The second-order valence-electron chi connectivity index (χ2n) is 7.39. The SMILES string of the molecule is C[C@@H](S)CC(=O)N1C(=O)O[C@@H]2C3CC[C@@](C)([C@@H]21)C3(C)C. The molecular weight excluding hydrogens is 274 g/mol. The maximum atomic E-state index is 12.4. The summed E-state index contributed by atoms with van der Waals surface area (Å²) in [7, 11) is 0. The Kier molecular flexibility index (Phi) is 2.96. The van der Waals surface area contributed by atoms with E-state index in [9.17, 15) is 9.59 Å². The first-order valence-corrected chi connectivity index (χ1v) is 7.92. The predicted octanol–water partition coefficient (Wildman–Crippen LogP) is 2.87. The summed E-state index contributed by atoms with van der Waals surface area (Å²) < 4.78 is 5.58. The molecule has 3 fully saturated rings. The van der Waals surface area contributed by atoms with Crippen LogP contribution in [0.3, 0.4) is 0 Å². The van der Waals surface area contributed by atoms with Crippen LogP contribution in [0.1, 0.15) is 47.0 Å². The van der Waals surface area contributed by atoms with Crippen LogP contribution in [-0.4, -0.2) is 34.3 Å². The topological polar surface area (TPSA) is 46.6 Å². The highest BCUT2D eigenvalue weighted by molar-refractivity contribution is 7.80. The minimum absolute atomic E-state index is 0.0377. The van der Waals surface area contributed by atoms with Crippen molar-refractivity contribution >= 4 is 24.6 Å². The second-order valence-corrected chi connectivity index (χ2v) is 8.28. The number of carbonyl (C=O) groups is 2. The van der Waals surface area contributed by atoms with Gasteiger partial charge in [0.1, 0.15) is 6.10 Å². The molecule has 0 aromatic heterocycles. The fourth-order valence-corrected chi connectivity index (χ4v) is 4.88. The Morgan fingerprint density at radius 1 is 1.50 bits per heavy atom. The van der Waals surface area contributed by atoms with Crippen molar-refractivity contribution < 1.29 is 14.3 Å². The van der Waals surface area contributed by atoms with Gasteiger partial charge in [-0.05, 0) is 23.7 Å². The number of fused-ring (bicyclic) bond motifs is 5. The monoisotopic (exact) mass is 297 g/mol. The van der Waals surface area contributed by atoms with E-state index in [1.165, 1.54) is 4.90 Å². The largest absolute Gasteiger partial charge is 0.443 e. The number of hydrogen-bond donors (Lipinski definition) is 1. The Bertz CT molecular complexity index is 476. The number of hydrogen-bond acceptors (Lipinski definition) is 4. The number of rotatable bonds is 2. The number of imide groups is 1. The van der Waals surface area contributed by atoms with E-state index in [0.717, 1.165) is 12.8 Å². The molecule has 1 aliphatic heterocycles. The average molecular weight is 297 g/mol. The molecule has 2 bridgehead atoms. The van der Waals surface area contributed by atoms with Gasteiger partial charge in [-0.25, -0.2) is 9.69 Å². The molecule has 4 nitrogen and oxygen atoms in total. The van der Waals surface area contributed by atoms with E-state index in [4.69, 9.17) is 4.74 Å². The number of ether oxygens (including phenoxy) is 1. The zero-order valence-corrected chi connectivity index (χ0v) is 13.4. The third-order valence-electron chi connectivity index (χ3n) is 6.18. The van der Waals surface area contributed by atoms with Gasteiger partial charge in [0.05, 0.1) is 6.04 Å². The lowest BCUT2D eigenvalue weighted by atomic mass is 9.69. The van der Waals surface area contributed by atoms with Crippen LogP contribution in [-0.2, 0) is 9.53 Å². The summed E-state index contributed by atoms with van der Waals surface area (Å²) in [6.45, 7) is 8.58. The molecule has 0 spiro atoms. The third kappa shape index (κ3) is 1.56. The molecule has 112 valence electrons. The van der Waals surface area contributed by atoms with E-state index >= 15 is 0 Å². The van der Waals surface area contributed by atoms with Gasteiger partial charge in [0.25, 0.3) is 0 Å². The van der Waals surface area contributed by atoms with Crippen molar-refractivity contribution in [2.45, 2.75) is 64.4 Å².